The van der Waals surface area contributed by atoms with E-state index < -0.39 is 11.6 Å². The van der Waals surface area contributed by atoms with Crippen LogP contribution in [0.1, 0.15) is 77.0 Å². The average Bonchev–Trinajstić information content (AvgIpc) is 4.39. The van der Waals surface area contributed by atoms with Gasteiger partial charge in [-0.1, -0.05) is 64.1 Å². The Bertz CT molecular complexity index is 3180. The fourth-order valence-corrected chi connectivity index (χ4v) is 11.2. The first-order valence-corrected chi connectivity index (χ1v) is 29.0. The maximum atomic E-state index is 13.7. The summed E-state index contributed by atoms with van der Waals surface area (Å²) in [6.07, 6.45) is 23.5. The third kappa shape index (κ3) is 14.8. The number of aromatic nitrogens is 4. The Morgan fingerprint density at radius 3 is 1.57 bits per heavy atom. The lowest BCUT2D eigenvalue weighted by molar-refractivity contribution is -0.112. The highest BCUT2D eigenvalue weighted by molar-refractivity contribution is 9.09. The molecule has 2 amide bonds. The molecule has 4 aromatic carbocycles. The van der Waals surface area contributed by atoms with Gasteiger partial charge in [-0.2, -0.15) is 0 Å². The summed E-state index contributed by atoms with van der Waals surface area (Å²) in [5.74, 6) is 0.496. The fraction of sp³-hybridized carbons (Fsp3) is 0.414. The molecule has 0 spiro atoms. The Morgan fingerprint density at radius 1 is 0.658 bits per heavy atom. The lowest BCUT2D eigenvalue weighted by Crippen LogP contribution is -2.29. The van der Waals surface area contributed by atoms with Crippen LogP contribution >= 0.6 is 39.1 Å². The number of allylic oxidation sites excluding steroid dienone is 1. The summed E-state index contributed by atoms with van der Waals surface area (Å²) in [7, 11) is 0. The van der Waals surface area contributed by atoms with Crippen molar-refractivity contribution in [3.8, 4) is 11.5 Å². The van der Waals surface area contributed by atoms with Crippen molar-refractivity contribution in [2.75, 3.05) is 59.3 Å². The van der Waals surface area contributed by atoms with Gasteiger partial charge in [-0.15, -0.1) is 0 Å². The van der Waals surface area contributed by atoms with Crippen molar-refractivity contribution in [1.29, 1.82) is 0 Å². The van der Waals surface area contributed by atoms with Crippen LogP contribution in [0.3, 0.4) is 0 Å². The van der Waals surface area contributed by atoms with E-state index in [0.29, 0.717) is 73.0 Å². The SMILES string of the molecule is C1CCNCC1.O=C(/C=C/CBr)Nc1cc2c(Nc3ccc(F)c(Cl)c3)ncnc2cc1OC1CC2CCC1O2.O=C(/C=C/CN1CCCCC1)Nc1cc2c(Nc3ccc(F)c(Cl)c3)ncnc2cc1OC1CC2CCC1O2. The van der Waals surface area contributed by atoms with Crippen LogP contribution in [0.25, 0.3) is 21.8 Å². The lowest BCUT2D eigenvalue weighted by Gasteiger charge is -2.24. The van der Waals surface area contributed by atoms with Crippen LogP contribution in [0.5, 0.6) is 11.5 Å². The molecule has 0 aliphatic carbocycles. The van der Waals surface area contributed by atoms with E-state index in [0.717, 1.165) is 58.2 Å². The first-order valence-electron chi connectivity index (χ1n) is 27.1. The van der Waals surface area contributed by atoms with Crippen molar-refractivity contribution in [3.63, 3.8) is 0 Å². The summed E-state index contributed by atoms with van der Waals surface area (Å²) in [6.45, 7) is 5.38. The zero-order valence-corrected chi connectivity index (χ0v) is 46.6. The molecule has 0 saturated carbocycles. The predicted octanol–water partition coefficient (Wildman–Crippen LogP) is 12.4. The van der Waals surface area contributed by atoms with E-state index in [-0.39, 0.29) is 58.5 Å². The van der Waals surface area contributed by atoms with Crippen molar-refractivity contribution < 1.29 is 37.3 Å². The number of hydrogen-bond acceptors (Lipinski definition) is 14. The predicted molar refractivity (Wildman–Crippen MR) is 309 cm³/mol. The van der Waals surface area contributed by atoms with Crippen molar-refractivity contribution in [3.05, 3.63) is 119 Å². The van der Waals surface area contributed by atoms with Crippen LogP contribution in [0.4, 0.5) is 43.2 Å². The molecule has 6 unspecified atom stereocenters. The van der Waals surface area contributed by atoms with E-state index in [9.17, 15) is 18.4 Å². The highest BCUT2D eigenvalue weighted by Crippen LogP contribution is 2.42. The topological polar surface area (TPSA) is 186 Å². The van der Waals surface area contributed by atoms with Crippen molar-refractivity contribution >= 4 is 107 Å². The van der Waals surface area contributed by atoms with Crippen molar-refractivity contribution in [2.24, 2.45) is 0 Å². The van der Waals surface area contributed by atoms with Crippen LogP contribution in [0.15, 0.2) is 97.6 Å². The number of amides is 2. The summed E-state index contributed by atoms with van der Waals surface area (Å²) in [4.78, 5) is 45.3. The molecule has 6 saturated heterocycles. The molecular weight excluding hydrogens is 1120 g/mol. The summed E-state index contributed by atoms with van der Waals surface area (Å²) in [5, 5.41) is 17.4. The molecule has 16 nitrogen and oxygen atoms in total. The zero-order valence-electron chi connectivity index (χ0n) is 43.5. The number of rotatable bonds is 15. The van der Waals surface area contributed by atoms with E-state index in [2.05, 4.69) is 67.3 Å². The number of carbonyl (C=O) groups excluding carboxylic acids is 2. The minimum atomic E-state index is -0.507. The molecule has 416 valence electrons. The van der Waals surface area contributed by atoms with Gasteiger partial charge in [0, 0.05) is 71.1 Å². The smallest absolute Gasteiger partial charge is 0.248 e. The van der Waals surface area contributed by atoms with Gasteiger partial charge in [0.2, 0.25) is 11.8 Å². The Hall–Kier alpha value is -6.06. The number of anilines is 6. The number of carbonyl (C=O) groups is 2. The number of nitrogens with one attached hydrogen (secondary N) is 5. The Morgan fingerprint density at radius 2 is 1.15 bits per heavy atom. The molecule has 6 aliphatic heterocycles. The monoisotopic (exact) mass is 1180 g/mol. The van der Waals surface area contributed by atoms with Gasteiger partial charge in [-0.05, 0) is 126 Å². The van der Waals surface area contributed by atoms with Crippen LogP contribution < -0.4 is 36.1 Å². The van der Waals surface area contributed by atoms with Gasteiger partial charge in [0.25, 0.3) is 0 Å². The van der Waals surface area contributed by atoms with Crippen LogP contribution in [0, 0.1) is 11.6 Å². The molecule has 6 atom stereocenters. The van der Waals surface area contributed by atoms with Gasteiger partial charge in [-0.3, -0.25) is 14.5 Å². The van der Waals surface area contributed by atoms with Crippen LogP contribution in [-0.4, -0.2) is 111 Å². The molecule has 2 aromatic heterocycles. The van der Waals surface area contributed by atoms with Gasteiger partial charge in [0.05, 0.1) is 56.9 Å². The summed E-state index contributed by atoms with van der Waals surface area (Å²) in [5.41, 5.74) is 3.42. The maximum absolute atomic E-state index is 13.7. The van der Waals surface area contributed by atoms with Crippen LogP contribution in [-0.2, 0) is 19.1 Å². The Kier molecular flexibility index (Phi) is 19.2. The second-order valence-corrected chi connectivity index (χ2v) is 21.8. The second kappa shape index (κ2) is 26.9. The number of nitrogens with zero attached hydrogens (tertiary/aromatic N) is 5. The molecule has 21 heteroatoms. The molecule has 4 bridgehead atoms. The Labute approximate surface area is 475 Å². The van der Waals surface area contributed by atoms with Crippen molar-refractivity contribution in [1.82, 2.24) is 30.2 Å². The van der Waals surface area contributed by atoms with E-state index in [4.69, 9.17) is 42.1 Å². The number of piperidine rings is 2. The standard InChI is InChI=1S/C29H31ClFN5O3.C24H21BrClFN4O3.C5H11N/c30-21-13-18(6-8-22(21)31)34-29-20-15-24(35-28(37)5-4-12-36-10-2-1-3-11-36)26(16-23(20)32-17-33-29)39-27-14-19-7-9-25(27)38-19;25-7-1-2-23(32)31-19-10-15-18(11-21(19)34-22-9-14-4-6-20(22)33-14)28-12-29-24(15)30-13-3-5-17(27)16(26)8-13;1-2-4-6-5-3-1/h4-6,8,13,15-17,19,25,27H,1-3,7,9-12,14H2,(H,35,37)(H,32,33,34);1-3,5,8,10-12,14,20,22H,4,6-7,9H2,(H,31,32)(H,28,29,30);6H,1-5H2/b5-4+;2-1+;. The maximum Gasteiger partial charge on any atom is 0.248 e. The van der Waals surface area contributed by atoms with E-state index in [1.54, 1.807) is 36.4 Å². The molecule has 8 heterocycles. The molecule has 5 N–H and O–H groups in total. The van der Waals surface area contributed by atoms with Gasteiger partial charge < -0.3 is 45.5 Å². The molecule has 6 aliphatic rings. The third-order valence-corrected chi connectivity index (χ3v) is 15.6. The summed E-state index contributed by atoms with van der Waals surface area (Å²) >= 11 is 15.2. The summed E-state index contributed by atoms with van der Waals surface area (Å²) < 4.78 is 51.9. The molecule has 79 heavy (non-hydrogen) atoms. The number of benzene rings is 4. The third-order valence-electron chi connectivity index (χ3n) is 14.7. The molecular formula is C58H63BrCl2F2N10O6. The molecule has 6 fully saturated rings. The minimum Gasteiger partial charge on any atom is -0.485 e. The second-order valence-electron chi connectivity index (χ2n) is 20.3. The number of alkyl halides is 1. The van der Waals surface area contributed by atoms with Gasteiger partial charge in [0.15, 0.2) is 0 Å². The average molecular weight is 1190 g/mol. The van der Waals surface area contributed by atoms with Crippen molar-refractivity contribution in [2.45, 2.75) is 114 Å². The zero-order chi connectivity index (χ0) is 54.7. The number of hydrogen-bond donors (Lipinski definition) is 5. The lowest BCUT2D eigenvalue weighted by atomic mass is 9.98. The largest absolute Gasteiger partial charge is 0.485 e. The van der Waals surface area contributed by atoms with E-state index in [1.807, 2.05) is 18.2 Å². The number of likely N-dealkylation sites (tertiary alicyclic amines) is 1. The fourth-order valence-electron chi connectivity index (χ4n) is 10.7. The van der Waals surface area contributed by atoms with Gasteiger partial charge >= 0.3 is 0 Å². The Balaban J connectivity index is 0.000000162. The van der Waals surface area contributed by atoms with E-state index in [1.165, 1.54) is 94.6 Å². The minimum absolute atomic E-state index is 0.00124. The van der Waals surface area contributed by atoms with Gasteiger partial charge in [0.1, 0.15) is 59.6 Å². The highest BCUT2D eigenvalue weighted by Gasteiger charge is 2.43. The first kappa shape index (κ1) is 56.2. The van der Waals surface area contributed by atoms with Gasteiger partial charge in [-0.25, -0.2) is 28.7 Å². The molecule has 12 rings (SSSR count). The van der Waals surface area contributed by atoms with Crippen LogP contribution in [0.2, 0.25) is 10.0 Å². The quantitative estimate of drug-likeness (QED) is 0.0483. The molecule has 6 aromatic rings. The highest BCUT2D eigenvalue weighted by atomic mass is 79.9. The number of fused-ring (bicyclic) bond motifs is 6. The number of ether oxygens (including phenoxy) is 4. The number of halogens is 5. The first-order chi connectivity index (χ1) is 38.5. The summed E-state index contributed by atoms with van der Waals surface area (Å²) in [6, 6.07) is 15.9. The molecule has 0 radical (unpaired) electrons. The van der Waals surface area contributed by atoms with E-state index >= 15 is 0 Å². The normalized spacial score (nSPS) is 22.3.